The lowest BCUT2D eigenvalue weighted by Crippen LogP contribution is -2.11. The van der Waals surface area contributed by atoms with E-state index >= 15 is 0 Å². The molecule has 0 aliphatic heterocycles. The number of alkyl halides is 3. The number of primary amides is 1. The number of nitrogens with zero attached hydrogens (tertiary/aromatic N) is 1. The second-order valence-corrected chi connectivity index (χ2v) is 7.37. The number of amides is 1. The van der Waals surface area contributed by atoms with Crippen LogP contribution >= 0.6 is 0 Å². The minimum absolute atomic E-state index is 0.232. The summed E-state index contributed by atoms with van der Waals surface area (Å²) < 4.78 is 41.4. The number of benzene rings is 3. The molecule has 3 aromatic carbocycles. The molecule has 4 rings (SSSR count). The zero-order chi connectivity index (χ0) is 21.5. The van der Waals surface area contributed by atoms with E-state index in [1.165, 1.54) is 6.07 Å². The number of aromatic nitrogens is 1. The first-order chi connectivity index (χ1) is 14.3. The highest BCUT2D eigenvalue weighted by molar-refractivity contribution is 6.17. The fourth-order valence-electron chi connectivity index (χ4n) is 3.94. The van der Waals surface area contributed by atoms with E-state index in [1.54, 1.807) is 18.2 Å². The Bertz CT molecular complexity index is 1250. The van der Waals surface area contributed by atoms with Crippen LogP contribution < -0.4 is 5.73 Å². The van der Waals surface area contributed by atoms with E-state index in [-0.39, 0.29) is 6.54 Å². The van der Waals surface area contributed by atoms with Gasteiger partial charge in [0.2, 0.25) is 5.91 Å². The van der Waals surface area contributed by atoms with E-state index in [4.69, 9.17) is 5.73 Å². The molecule has 0 saturated heterocycles. The molecule has 0 fully saturated rings. The quantitative estimate of drug-likeness (QED) is 0.451. The first-order valence-electron chi connectivity index (χ1n) is 9.71. The van der Waals surface area contributed by atoms with Crippen LogP contribution in [0.3, 0.4) is 0 Å². The number of aryl methyl sites for hydroxylation is 1. The summed E-state index contributed by atoms with van der Waals surface area (Å²) in [5.74, 6) is -0.551. The van der Waals surface area contributed by atoms with E-state index in [9.17, 15) is 18.0 Å². The molecule has 1 aromatic heterocycles. The van der Waals surface area contributed by atoms with Crippen LogP contribution in [0.15, 0.2) is 54.6 Å². The SMILES string of the molecule is CCCc1c[c]c2c3c(C(N)=O)cccc3n(Cc3cccc(C(F)(F)F)c3)c2c1. The molecular weight excluding hydrogens is 389 g/mol. The largest absolute Gasteiger partial charge is 0.416 e. The van der Waals surface area contributed by atoms with Crippen LogP contribution in [0.2, 0.25) is 0 Å². The third-order valence-electron chi connectivity index (χ3n) is 5.25. The Labute approximate surface area is 171 Å². The maximum Gasteiger partial charge on any atom is 0.416 e. The summed E-state index contributed by atoms with van der Waals surface area (Å²) in [4.78, 5) is 12.0. The fourth-order valence-corrected chi connectivity index (χ4v) is 3.94. The van der Waals surface area contributed by atoms with Crippen LogP contribution in [0.5, 0.6) is 0 Å². The third-order valence-corrected chi connectivity index (χ3v) is 5.25. The van der Waals surface area contributed by atoms with Crippen molar-refractivity contribution in [3.05, 3.63) is 82.9 Å². The first-order valence-corrected chi connectivity index (χ1v) is 9.71. The predicted molar refractivity (Wildman–Crippen MR) is 111 cm³/mol. The molecule has 0 unspecified atom stereocenters. The molecule has 0 spiro atoms. The highest BCUT2D eigenvalue weighted by atomic mass is 19.4. The Balaban J connectivity index is 1.96. The van der Waals surface area contributed by atoms with Gasteiger partial charge in [0.05, 0.1) is 16.6 Å². The summed E-state index contributed by atoms with van der Waals surface area (Å²) in [6, 6.07) is 17.7. The zero-order valence-electron chi connectivity index (χ0n) is 16.4. The average Bonchev–Trinajstić information content (AvgIpc) is 3.01. The number of rotatable bonds is 5. The summed E-state index contributed by atoms with van der Waals surface area (Å²) in [5.41, 5.74) is 8.45. The number of fused-ring (bicyclic) bond motifs is 3. The third kappa shape index (κ3) is 3.54. The number of halogens is 3. The van der Waals surface area contributed by atoms with Crippen LogP contribution in [0, 0.1) is 6.07 Å². The highest BCUT2D eigenvalue weighted by Gasteiger charge is 2.30. The molecule has 0 aliphatic carbocycles. The van der Waals surface area contributed by atoms with Crippen molar-refractivity contribution in [2.75, 3.05) is 0 Å². The van der Waals surface area contributed by atoms with E-state index in [2.05, 4.69) is 13.0 Å². The minimum atomic E-state index is -4.40. The van der Waals surface area contributed by atoms with Crippen molar-refractivity contribution in [1.82, 2.24) is 4.57 Å². The Kier molecular flexibility index (Phi) is 5.02. The summed E-state index contributed by atoms with van der Waals surface area (Å²) in [6.07, 6.45) is -2.59. The number of nitrogens with two attached hydrogens (primary N) is 1. The molecule has 2 N–H and O–H groups in total. The second kappa shape index (κ2) is 7.52. The second-order valence-electron chi connectivity index (χ2n) is 7.37. The van der Waals surface area contributed by atoms with Crippen molar-refractivity contribution in [1.29, 1.82) is 0 Å². The smallest absolute Gasteiger partial charge is 0.366 e. The molecular formula is C24H20F3N2O. The van der Waals surface area contributed by atoms with Crippen molar-refractivity contribution >= 4 is 27.7 Å². The van der Waals surface area contributed by atoms with Crippen molar-refractivity contribution in [2.24, 2.45) is 5.73 Å². The summed E-state index contributed by atoms with van der Waals surface area (Å²) >= 11 is 0. The van der Waals surface area contributed by atoms with Gasteiger partial charge in [0, 0.05) is 22.9 Å². The maximum atomic E-state index is 13.2. The summed E-state index contributed by atoms with van der Waals surface area (Å²) in [7, 11) is 0. The number of carbonyl (C=O) groups excluding carboxylic acids is 1. The van der Waals surface area contributed by atoms with E-state index in [1.807, 2.05) is 22.8 Å². The van der Waals surface area contributed by atoms with E-state index in [0.29, 0.717) is 16.5 Å². The maximum absolute atomic E-state index is 13.2. The fraction of sp³-hybridized carbons (Fsp3) is 0.208. The number of hydrogen-bond acceptors (Lipinski definition) is 1. The molecule has 0 bridgehead atoms. The van der Waals surface area contributed by atoms with Gasteiger partial charge in [-0.2, -0.15) is 13.2 Å². The van der Waals surface area contributed by atoms with Gasteiger partial charge in [-0.1, -0.05) is 37.6 Å². The van der Waals surface area contributed by atoms with Gasteiger partial charge < -0.3 is 10.3 Å². The highest BCUT2D eigenvalue weighted by Crippen LogP contribution is 2.34. The molecule has 0 aliphatic rings. The molecule has 0 atom stereocenters. The zero-order valence-corrected chi connectivity index (χ0v) is 16.4. The first kappa shape index (κ1) is 20.0. The Morgan fingerprint density at radius 3 is 2.53 bits per heavy atom. The van der Waals surface area contributed by atoms with Gasteiger partial charge in [-0.05, 0) is 53.9 Å². The molecule has 153 valence electrons. The molecule has 1 amide bonds. The van der Waals surface area contributed by atoms with Gasteiger partial charge in [-0.3, -0.25) is 4.79 Å². The van der Waals surface area contributed by atoms with Crippen LogP contribution in [0.25, 0.3) is 21.8 Å². The molecule has 0 saturated carbocycles. The monoisotopic (exact) mass is 409 g/mol. The van der Waals surface area contributed by atoms with Crippen molar-refractivity contribution < 1.29 is 18.0 Å². The lowest BCUT2D eigenvalue weighted by atomic mass is 10.0. The molecule has 1 heterocycles. The molecule has 4 aromatic rings. The number of carbonyl (C=O) groups is 1. The van der Waals surface area contributed by atoms with E-state index in [0.717, 1.165) is 47.0 Å². The van der Waals surface area contributed by atoms with Crippen molar-refractivity contribution in [3.63, 3.8) is 0 Å². The minimum Gasteiger partial charge on any atom is -0.366 e. The Morgan fingerprint density at radius 1 is 1.07 bits per heavy atom. The van der Waals surface area contributed by atoms with Gasteiger partial charge in [0.15, 0.2) is 0 Å². The van der Waals surface area contributed by atoms with Crippen molar-refractivity contribution in [3.8, 4) is 0 Å². The van der Waals surface area contributed by atoms with Gasteiger partial charge in [0.25, 0.3) is 0 Å². The van der Waals surface area contributed by atoms with Crippen LogP contribution in [-0.4, -0.2) is 10.5 Å². The van der Waals surface area contributed by atoms with Gasteiger partial charge in [-0.15, -0.1) is 0 Å². The average molecular weight is 409 g/mol. The Hall–Kier alpha value is -3.28. The number of hydrogen-bond donors (Lipinski definition) is 1. The van der Waals surface area contributed by atoms with Crippen LogP contribution in [0.1, 0.15) is 40.4 Å². The van der Waals surface area contributed by atoms with Gasteiger partial charge in [0.1, 0.15) is 0 Å². The standard InChI is InChI=1S/C24H20F3N2O/c1-2-5-15-10-11-18-21(13-15)29(20-9-4-8-19(22(18)20)23(28)30)14-16-6-3-7-17(12-16)24(25,26)27/h3-4,6-10,12-13H,2,5,14H2,1H3,(H2,28,30). The van der Waals surface area contributed by atoms with Crippen LogP contribution in [-0.2, 0) is 19.1 Å². The van der Waals surface area contributed by atoms with Crippen molar-refractivity contribution in [2.45, 2.75) is 32.5 Å². The van der Waals surface area contributed by atoms with Crippen LogP contribution in [0.4, 0.5) is 13.2 Å². The van der Waals surface area contributed by atoms with Gasteiger partial charge >= 0.3 is 6.18 Å². The summed E-state index contributed by atoms with van der Waals surface area (Å²) in [6.45, 7) is 2.31. The Morgan fingerprint density at radius 2 is 1.83 bits per heavy atom. The summed E-state index contributed by atoms with van der Waals surface area (Å²) in [5, 5.41) is 1.42. The molecule has 3 nitrogen and oxygen atoms in total. The molecule has 1 radical (unpaired) electrons. The predicted octanol–water partition coefficient (Wildman–Crippen LogP) is 5.71. The molecule has 6 heteroatoms. The van der Waals surface area contributed by atoms with E-state index < -0.39 is 17.6 Å². The normalized spacial score (nSPS) is 12.0. The topological polar surface area (TPSA) is 48.0 Å². The lowest BCUT2D eigenvalue weighted by Gasteiger charge is -2.12. The lowest BCUT2D eigenvalue weighted by molar-refractivity contribution is -0.137. The van der Waals surface area contributed by atoms with Gasteiger partial charge in [-0.25, -0.2) is 0 Å². The molecule has 30 heavy (non-hydrogen) atoms.